The maximum Gasteiger partial charge on any atom is 0.309 e. The molecular formula is C26H27ClN2O4S. The summed E-state index contributed by atoms with van der Waals surface area (Å²) in [4.78, 5) is 14.7. The van der Waals surface area contributed by atoms with E-state index in [1.54, 1.807) is 12.1 Å². The molecule has 1 aliphatic heterocycles. The molecule has 178 valence electrons. The molecule has 1 N–H and O–H groups in total. The van der Waals surface area contributed by atoms with Gasteiger partial charge in [-0.2, -0.15) is 0 Å². The summed E-state index contributed by atoms with van der Waals surface area (Å²) in [5.41, 5.74) is 2.09. The van der Waals surface area contributed by atoms with E-state index in [1.807, 2.05) is 25.1 Å². The van der Waals surface area contributed by atoms with Crippen molar-refractivity contribution in [3.63, 3.8) is 0 Å². The van der Waals surface area contributed by atoms with Gasteiger partial charge in [-0.25, -0.2) is 13.1 Å². The summed E-state index contributed by atoms with van der Waals surface area (Å²) >= 11 is 5.97. The lowest BCUT2D eigenvalue weighted by molar-refractivity contribution is -0.149. The predicted octanol–water partition coefficient (Wildman–Crippen LogP) is 4.84. The van der Waals surface area contributed by atoms with Crippen LogP contribution >= 0.6 is 11.6 Å². The largest absolute Gasteiger partial charge is 0.466 e. The highest BCUT2D eigenvalue weighted by molar-refractivity contribution is 7.89. The number of ether oxygens (including phenoxy) is 1. The van der Waals surface area contributed by atoms with Crippen LogP contribution in [-0.2, 0) is 19.6 Å². The standard InChI is InChI=1S/C26H27ClN2O4S/c1-2-33-26(30)18-13-15-29(16-14-18)25-22-8-4-6-17-5-3-7-21(23(17)22)24(25)28-34(31,32)20-11-9-19(27)10-12-20/h3-12,18,24-25,28H,2,13-16H2,1H3/t24-,25+/m0/s1. The number of rotatable bonds is 6. The van der Waals surface area contributed by atoms with Crippen LogP contribution in [0.3, 0.4) is 0 Å². The molecule has 3 aromatic carbocycles. The monoisotopic (exact) mass is 498 g/mol. The number of sulfonamides is 1. The van der Waals surface area contributed by atoms with Gasteiger partial charge >= 0.3 is 5.97 Å². The quantitative estimate of drug-likeness (QED) is 0.492. The zero-order valence-electron chi connectivity index (χ0n) is 18.9. The minimum absolute atomic E-state index is 0.111. The fraction of sp³-hybridized carbons (Fsp3) is 0.346. The summed E-state index contributed by atoms with van der Waals surface area (Å²) in [6, 6.07) is 17.8. The molecule has 2 atom stereocenters. The molecule has 5 rings (SSSR count). The van der Waals surface area contributed by atoms with Gasteiger partial charge in [-0.1, -0.05) is 48.0 Å². The SMILES string of the molecule is CCOC(=O)C1CCN([C@@H]2c3cccc4cccc(c34)[C@@H]2NS(=O)(=O)c2ccc(Cl)cc2)CC1. The summed E-state index contributed by atoms with van der Waals surface area (Å²) in [6.07, 6.45) is 1.39. The Morgan fingerprint density at radius 1 is 1.03 bits per heavy atom. The molecule has 0 aromatic heterocycles. The highest BCUT2D eigenvalue weighted by Gasteiger charge is 2.42. The first-order valence-electron chi connectivity index (χ1n) is 11.6. The van der Waals surface area contributed by atoms with Crippen LogP contribution in [0.4, 0.5) is 0 Å². The zero-order chi connectivity index (χ0) is 23.9. The number of carbonyl (C=O) groups is 1. The smallest absolute Gasteiger partial charge is 0.309 e. The second-order valence-corrected chi connectivity index (χ2v) is 11.0. The third-order valence-corrected chi connectivity index (χ3v) is 8.60. The number of nitrogens with zero attached hydrogens (tertiary/aromatic N) is 1. The van der Waals surface area contributed by atoms with E-state index in [0.29, 0.717) is 37.6 Å². The molecule has 0 radical (unpaired) electrons. The molecule has 0 saturated carbocycles. The molecule has 0 unspecified atom stereocenters. The van der Waals surface area contributed by atoms with Crippen molar-refractivity contribution in [3.05, 3.63) is 76.8 Å². The fourth-order valence-corrected chi connectivity index (χ4v) is 6.66. The van der Waals surface area contributed by atoms with Crippen LogP contribution < -0.4 is 4.72 Å². The number of esters is 1. The molecule has 6 nitrogen and oxygen atoms in total. The molecule has 2 aliphatic rings. The number of hydrogen-bond donors (Lipinski definition) is 1. The van der Waals surface area contributed by atoms with E-state index in [0.717, 1.165) is 21.9 Å². The molecule has 1 fully saturated rings. The Hall–Kier alpha value is -2.45. The summed E-state index contributed by atoms with van der Waals surface area (Å²) < 4.78 is 35.0. The van der Waals surface area contributed by atoms with Crippen molar-refractivity contribution < 1.29 is 17.9 Å². The lowest BCUT2D eigenvalue weighted by Crippen LogP contribution is -2.43. The molecule has 8 heteroatoms. The van der Waals surface area contributed by atoms with Gasteiger partial charge in [-0.3, -0.25) is 9.69 Å². The summed E-state index contributed by atoms with van der Waals surface area (Å²) in [5.74, 6) is -0.251. The molecule has 0 amide bonds. The second kappa shape index (κ2) is 9.30. The number of likely N-dealkylation sites (tertiary alicyclic amines) is 1. The van der Waals surface area contributed by atoms with Crippen molar-refractivity contribution in [2.75, 3.05) is 19.7 Å². The Morgan fingerprint density at radius 3 is 2.32 bits per heavy atom. The molecule has 3 aromatic rings. The number of halogens is 1. The van der Waals surface area contributed by atoms with E-state index in [9.17, 15) is 13.2 Å². The Bertz CT molecular complexity index is 1310. The third kappa shape index (κ3) is 4.22. The lowest BCUT2D eigenvalue weighted by atomic mass is 9.93. The Morgan fingerprint density at radius 2 is 1.68 bits per heavy atom. The molecule has 34 heavy (non-hydrogen) atoms. The van der Waals surface area contributed by atoms with E-state index in [-0.39, 0.29) is 22.8 Å². The molecule has 1 aliphatic carbocycles. The van der Waals surface area contributed by atoms with Crippen molar-refractivity contribution in [2.45, 2.75) is 36.7 Å². The fourth-order valence-electron chi connectivity index (χ4n) is 5.31. The van der Waals surface area contributed by atoms with Gasteiger partial charge in [0.2, 0.25) is 10.0 Å². The van der Waals surface area contributed by atoms with Gasteiger partial charge in [0.05, 0.1) is 29.5 Å². The summed E-state index contributed by atoms with van der Waals surface area (Å²) in [5, 5.41) is 2.68. The normalized spacial score (nSPS) is 21.1. The van der Waals surface area contributed by atoms with Gasteiger partial charge in [-0.05, 0) is 79.0 Å². The number of nitrogens with one attached hydrogen (secondary N) is 1. The van der Waals surface area contributed by atoms with Crippen LogP contribution in [0.5, 0.6) is 0 Å². The molecule has 0 spiro atoms. The van der Waals surface area contributed by atoms with Gasteiger partial charge < -0.3 is 4.74 Å². The molecule has 0 bridgehead atoms. The van der Waals surface area contributed by atoms with Crippen LogP contribution in [0.1, 0.15) is 43.0 Å². The van der Waals surface area contributed by atoms with Crippen LogP contribution in [0.2, 0.25) is 5.02 Å². The second-order valence-electron chi connectivity index (χ2n) is 8.85. The number of piperidine rings is 1. The Kier molecular flexibility index (Phi) is 6.37. The van der Waals surface area contributed by atoms with E-state index in [2.05, 4.69) is 27.8 Å². The van der Waals surface area contributed by atoms with Crippen molar-refractivity contribution >= 4 is 38.4 Å². The zero-order valence-corrected chi connectivity index (χ0v) is 20.5. The van der Waals surface area contributed by atoms with Gasteiger partial charge in [0.25, 0.3) is 0 Å². The van der Waals surface area contributed by atoms with Gasteiger partial charge in [0.15, 0.2) is 0 Å². The minimum Gasteiger partial charge on any atom is -0.466 e. The average molecular weight is 499 g/mol. The predicted molar refractivity (Wildman–Crippen MR) is 132 cm³/mol. The first-order valence-corrected chi connectivity index (χ1v) is 13.5. The van der Waals surface area contributed by atoms with E-state index < -0.39 is 16.1 Å². The molecular weight excluding hydrogens is 472 g/mol. The van der Waals surface area contributed by atoms with Crippen molar-refractivity contribution in [2.24, 2.45) is 5.92 Å². The average Bonchev–Trinajstić information content (AvgIpc) is 3.14. The van der Waals surface area contributed by atoms with Gasteiger partial charge in [-0.15, -0.1) is 0 Å². The summed E-state index contributed by atoms with van der Waals surface area (Å²) in [7, 11) is -3.79. The number of benzene rings is 3. The van der Waals surface area contributed by atoms with E-state index in [1.165, 1.54) is 12.1 Å². The Balaban J connectivity index is 1.49. The topological polar surface area (TPSA) is 75.7 Å². The summed E-state index contributed by atoms with van der Waals surface area (Å²) in [6.45, 7) is 3.59. The first-order chi connectivity index (χ1) is 16.4. The van der Waals surface area contributed by atoms with Crippen molar-refractivity contribution in [1.82, 2.24) is 9.62 Å². The number of carbonyl (C=O) groups excluding carboxylic acids is 1. The van der Waals surface area contributed by atoms with Crippen LogP contribution in [0.25, 0.3) is 10.8 Å². The number of hydrogen-bond acceptors (Lipinski definition) is 5. The van der Waals surface area contributed by atoms with E-state index >= 15 is 0 Å². The molecule has 1 heterocycles. The minimum atomic E-state index is -3.79. The van der Waals surface area contributed by atoms with Crippen molar-refractivity contribution in [3.8, 4) is 0 Å². The third-order valence-electron chi connectivity index (χ3n) is 6.89. The van der Waals surface area contributed by atoms with Gasteiger partial charge in [0, 0.05) is 5.02 Å². The van der Waals surface area contributed by atoms with Gasteiger partial charge in [0.1, 0.15) is 0 Å². The van der Waals surface area contributed by atoms with Crippen molar-refractivity contribution in [1.29, 1.82) is 0 Å². The van der Waals surface area contributed by atoms with Crippen LogP contribution in [0, 0.1) is 5.92 Å². The maximum absolute atomic E-state index is 13.4. The maximum atomic E-state index is 13.4. The lowest BCUT2D eigenvalue weighted by Gasteiger charge is -2.38. The molecule has 1 saturated heterocycles. The van der Waals surface area contributed by atoms with E-state index in [4.69, 9.17) is 16.3 Å². The van der Waals surface area contributed by atoms with Crippen LogP contribution in [0.15, 0.2) is 65.6 Å². The Labute approximate surface area is 204 Å². The first kappa shape index (κ1) is 23.3. The highest BCUT2D eigenvalue weighted by atomic mass is 35.5. The van der Waals surface area contributed by atoms with Crippen LogP contribution in [-0.4, -0.2) is 39.0 Å². The highest BCUT2D eigenvalue weighted by Crippen LogP contribution is 2.48.